The van der Waals surface area contributed by atoms with Crippen molar-refractivity contribution in [3.8, 4) is 5.88 Å². The van der Waals surface area contributed by atoms with Crippen LogP contribution in [0.5, 0.6) is 5.88 Å². The van der Waals surface area contributed by atoms with Gasteiger partial charge in [-0.1, -0.05) is 52.9 Å². The molecule has 3 heterocycles. The van der Waals surface area contributed by atoms with E-state index < -0.39 is 0 Å². The number of ether oxygens (including phenoxy) is 1. The molecule has 2 N–H and O–H groups in total. The van der Waals surface area contributed by atoms with E-state index in [9.17, 15) is 9.18 Å². The molecule has 1 amide bonds. The highest BCUT2D eigenvalue weighted by atomic mass is 19.1. The number of nitrogens with one attached hydrogen (secondary N) is 1. The van der Waals surface area contributed by atoms with Crippen LogP contribution < -0.4 is 10.1 Å². The van der Waals surface area contributed by atoms with E-state index in [2.05, 4.69) is 41.2 Å². The van der Waals surface area contributed by atoms with Crippen LogP contribution in [0.3, 0.4) is 0 Å². The normalized spacial score (nSPS) is 11.1. The summed E-state index contributed by atoms with van der Waals surface area (Å²) in [4.78, 5) is 19.7. The summed E-state index contributed by atoms with van der Waals surface area (Å²) in [5, 5.41) is 15.4. The highest BCUT2D eigenvalue weighted by Gasteiger charge is 2.13. The summed E-state index contributed by atoms with van der Waals surface area (Å²) in [6, 6.07) is 4.59. The van der Waals surface area contributed by atoms with E-state index in [0.29, 0.717) is 30.1 Å². The van der Waals surface area contributed by atoms with Gasteiger partial charge in [0.2, 0.25) is 5.88 Å². The SMILES string of the molecule is CCCCCC(C)CC.COc1ccc(F)cn1.Cc1ccn2ncc(C(=O)NCCCO)c2n1. The zero-order valence-corrected chi connectivity index (χ0v) is 21.6. The summed E-state index contributed by atoms with van der Waals surface area (Å²) < 4.78 is 18.4. The summed E-state index contributed by atoms with van der Waals surface area (Å²) in [6.45, 7) is 9.24. The lowest BCUT2D eigenvalue weighted by atomic mass is 10.0. The first-order chi connectivity index (χ1) is 16.9. The topological polar surface area (TPSA) is 102 Å². The number of aromatic nitrogens is 4. The van der Waals surface area contributed by atoms with E-state index >= 15 is 0 Å². The molecule has 0 saturated carbocycles. The summed E-state index contributed by atoms with van der Waals surface area (Å²) in [5.74, 6) is 0.815. The van der Waals surface area contributed by atoms with Crippen LogP contribution in [0.15, 0.2) is 36.8 Å². The molecule has 1 unspecified atom stereocenters. The summed E-state index contributed by atoms with van der Waals surface area (Å²) in [6.07, 6.45) is 11.9. The number of aliphatic hydroxyl groups excluding tert-OH is 1. The smallest absolute Gasteiger partial charge is 0.256 e. The molecular weight excluding hydrogens is 449 g/mol. The molecule has 3 rings (SSSR count). The third-order valence-corrected chi connectivity index (χ3v) is 5.28. The van der Waals surface area contributed by atoms with Gasteiger partial charge in [0.05, 0.1) is 19.5 Å². The molecule has 0 bridgehead atoms. The summed E-state index contributed by atoms with van der Waals surface area (Å²) in [7, 11) is 1.49. The molecular formula is C26H40FN5O3. The lowest BCUT2D eigenvalue weighted by Crippen LogP contribution is -2.25. The lowest BCUT2D eigenvalue weighted by Gasteiger charge is -2.05. The van der Waals surface area contributed by atoms with Crippen molar-refractivity contribution in [2.45, 2.75) is 66.2 Å². The van der Waals surface area contributed by atoms with Gasteiger partial charge in [-0.3, -0.25) is 4.79 Å². The molecule has 3 aromatic rings. The van der Waals surface area contributed by atoms with Crippen molar-refractivity contribution < 1.29 is 19.0 Å². The largest absolute Gasteiger partial charge is 0.481 e. The molecule has 0 aliphatic carbocycles. The number of rotatable bonds is 10. The third kappa shape index (κ3) is 11.8. The Morgan fingerprint density at radius 1 is 1.20 bits per heavy atom. The summed E-state index contributed by atoms with van der Waals surface area (Å²) in [5.41, 5.74) is 1.83. The predicted octanol–water partition coefficient (Wildman–Crippen LogP) is 4.99. The first-order valence-corrected chi connectivity index (χ1v) is 12.2. The molecule has 0 fully saturated rings. The molecule has 0 saturated heterocycles. The molecule has 1 atom stereocenters. The van der Waals surface area contributed by atoms with Gasteiger partial charge >= 0.3 is 0 Å². The van der Waals surface area contributed by atoms with Crippen molar-refractivity contribution in [3.63, 3.8) is 0 Å². The molecule has 0 aliphatic rings. The van der Waals surface area contributed by atoms with Crippen molar-refractivity contribution >= 4 is 11.6 Å². The number of hydrogen-bond donors (Lipinski definition) is 2. The molecule has 3 aromatic heterocycles. The maximum Gasteiger partial charge on any atom is 0.256 e. The van der Waals surface area contributed by atoms with Gasteiger partial charge < -0.3 is 15.2 Å². The maximum absolute atomic E-state index is 12.1. The monoisotopic (exact) mass is 489 g/mol. The van der Waals surface area contributed by atoms with E-state index in [0.717, 1.165) is 17.8 Å². The quantitative estimate of drug-likeness (QED) is 0.389. The molecule has 0 aromatic carbocycles. The van der Waals surface area contributed by atoms with Crippen LogP contribution in [0.25, 0.3) is 5.65 Å². The fraction of sp³-hybridized carbons (Fsp3) is 0.538. The fourth-order valence-electron chi connectivity index (χ4n) is 2.93. The molecule has 9 heteroatoms. The van der Waals surface area contributed by atoms with E-state index in [1.165, 1.54) is 57.5 Å². The first kappa shape index (κ1) is 30.0. The average Bonchev–Trinajstić information content (AvgIpc) is 3.28. The number of unbranched alkanes of at least 4 members (excludes halogenated alkanes) is 2. The number of hydrogen-bond acceptors (Lipinski definition) is 6. The second kappa shape index (κ2) is 17.4. The van der Waals surface area contributed by atoms with Gasteiger partial charge in [0.25, 0.3) is 5.91 Å². The predicted molar refractivity (Wildman–Crippen MR) is 136 cm³/mol. The Morgan fingerprint density at radius 2 is 1.97 bits per heavy atom. The van der Waals surface area contributed by atoms with Crippen LogP contribution in [0.4, 0.5) is 4.39 Å². The highest BCUT2D eigenvalue weighted by molar-refractivity contribution is 5.99. The van der Waals surface area contributed by atoms with Crippen LogP contribution in [0.2, 0.25) is 0 Å². The zero-order valence-electron chi connectivity index (χ0n) is 21.6. The van der Waals surface area contributed by atoms with Crippen LogP contribution in [-0.2, 0) is 0 Å². The van der Waals surface area contributed by atoms with Crippen molar-refractivity contribution in [2.24, 2.45) is 5.92 Å². The zero-order chi connectivity index (χ0) is 26.1. The second-order valence-electron chi connectivity index (χ2n) is 8.26. The Morgan fingerprint density at radius 3 is 2.57 bits per heavy atom. The Labute approximate surface area is 208 Å². The minimum atomic E-state index is -0.351. The van der Waals surface area contributed by atoms with Crippen molar-refractivity contribution in [1.29, 1.82) is 0 Å². The van der Waals surface area contributed by atoms with Crippen molar-refractivity contribution in [1.82, 2.24) is 24.9 Å². The van der Waals surface area contributed by atoms with Gasteiger partial charge in [-0.25, -0.2) is 18.9 Å². The van der Waals surface area contributed by atoms with E-state index in [1.54, 1.807) is 10.7 Å². The van der Waals surface area contributed by atoms with Gasteiger partial charge in [0.1, 0.15) is 11.4 Å². The number of carbonyl (C=O) groups excluding carboxylic acids is 1. The number of amides is 1. The van der Waals surface area contributed by atoms with Gasteiger partial charge in [0, 0.05) is 31.1 Å². The second-order valence-corrected chi connectivity index (χ2v) is 8.26. The Bertz CT molecular complexity index is 979. The van der Waals surface area contributed by atoms with Gasteiger partial charge in [-0.2, -0.15) is 5.10 Å². The number of methoxy groups -OCH3 is 1. The van der Waals surface area contributed by atoms with Crippen LogP contribution in [-0.4, -0.2) is 50.9 Å². The first-order valence-electron chi connectivity index (χ1n) is 12.2. The standard InChI is InChI=1S/C11H14N4O2.C9H20.C6H6FNO/c1-8-3-5-15-10(14-8)9(7-13-15)11(17)12-4-2-6-16;1-4-6-7-8-9(3)5-2;1-9-6-3-2-5(7)4-8-6/h3,5,7,16H,2,4,6H2,1H3,(H,12,17);9H,4-8H2,1-3H3;2-4H,1H3. The number of aryl methyl sites for hydroxylation is 1. The molecule has 0 aliphatic heterocycles. The Kier molecular flexibility index (Phi) is 14.9. The van der Waals surface area contributed by atoms with Crippen molar-refractivity contribution in [3.05, 3.63) is 53.9 Å². The number of nitrogens with zero attached hydrogens (tertiary/aromatic N) is 4. The third-order valence-electron chi connectivity index (χ3n) is 5.28. The Balaban J connectivity index is 0.000000289. The van der Waals surface area contributed by atoms with Crippen LogP contribution in [0.1, 0.15) is 75.3 Å². The molecule has 194 valence electrons. The average molecular weight is 490 g/mol. The Hall–Kier alpha value is -3.07. The molecule has 35 heavy (non-hydrogen) atoms. The summed E-state index contributed by atoms with van der Waals surface area (Å²) >= 11 is 0. The number of pyridine rings is 1. The van der Waals surface area contributed by atoms with Crippen LogP contribution >= 0.6 is 0 Å². The highest BCUT2D eigenvalue weighted by Crippen LogP contribution is 2.11. The van der Waals surface area contributed by atoms with Crippen molar-refractivity contribution in [2.75, 3.05) is 20.3 Å². The van der Waals surface area contributed by atoms with Crippen LogP contribution in [0, 0.1) is 18.7 Å². The number of carbonyl (C=O) groups is 1. The number of aliphatic hydroxyl groups is 1. The lowest BCUT2D eigenvalue weighted by molar-refractivity contribution is 0.0952. The molecule has 8 nitrogen and oxygen atoms in total. The van der Waals surface area contributed by atoms with E-state index in [-0.39, 0.29) is 18.3 Å². The minimum absolute atomic E-state index is 0.0619. The maximum atomic E-state index is 12.1. The minimum Gasteiger partial charge on any atom is -0.481 e. The van der Waals surface area contributed by atoms with E-state index in [4.69, 9.17) is 9.84 Å². The molecule has 0 spiro atoms. The molecule has 0 radical (unpaired) electrons. The van der Waals surface area contributed by atoms with E-state index in [1.807, 2.05) is 13.0 Å². The van der Waals surface area contributed by atoms with Gasteiger partial charge in [-0.15, -0.1) is 0 Å². The van der Waals surface area contributed by atoms with Gasteiger partial charge in [-0.05, 0) is 31.4 Å². The number of halogens is 1. The number of fused-ring (bicyclic) bond motifs is 1. The van der Waals surface area contributed by atoms with Gasteiger partial charge in [0.15, 0.2) is 5.65 Å². The fourth-order valence-corrected chi connectivity index (χ4v) is 2.93.